The minimum absolute atomic E-state index is 0.281. The summed E-state index contributed by atoms with van der Waals surface area (Å²) >= 11 is 0.300. The van der Waals surface area contributed by atoms with Crippen molar-refractivity contribution in [1.29, 1.82) is 0 Å². The maximum atomic E-state index is 8.34. The molecule has 0 spiro atoms. The number of hydrogen-bond donors (Lipinski definition) is 1. The first-order valence-corrected chi connectivity index (χ1v) is 3.19. The van der Waals surface area contributed by atoms with Gasteiger partial charge in [-0.1, -0.05) is 13.3 Å². The number of unbranched alkanes of at least 4 members (excludes halogenated alkanes) is 1. The van der Waals surface area contributed by atoms with E-state index in [0.717, 1.165) is 12.8 Å². The molecule has 0 rings (SSSR count). The molecule has 0 aromatic rings. The van der Waals surface area contributed by atoms with E-state index < -0.39 is 0 Å². The number of aliphatic hydroxyl groups excluding tert-OH is 1. The van der Waals surface area contributed by atoms with Crippen LogP contribution in [0.5, 0.6) is 0 Å². The second kappa shape index (κ2) is 16.0. The van der Waals surface area contributed by atoms with Gasteiger partial charge in [0.25, 0.3) is 0 Å². The third-order valence-corrected chi connectivity index (χ3v) is 0.408. The zero-order valence-corrected chi connectivity index (χ0v) is 7.04. The standard InChI is InChI=1S/C4H9O.O.Sn/c1-2-3-4-5;;/h5H,1-4H2;;. The molecule has 0 bridgehead atoms. The van der Waals surface area contributed by atoms with Gasteiger partial charge in [-0.25, -0.2) is 0 Å². The van der Waals surface area contributed by atoms with E-state index in [1.54, 1.807) is 0 Å². The predicted octanol–water partition coefficient (Wildman–Crippen LogP) is 0.0934. The molecule has 3 heteroatoms. The maximum absolute atomic E-state index is 8.34. The van der Waals surface area contributed by atoms with Crippen LogP contribution in [0.3, 0.4) is 0 Å². The topological polar surface area (TPSA) is 37.3 Å². The third kappa shape index (κ3) is 20.8. The van der Waals surface area contributed by atoms with Gasteiger partial charge < -0.3 is 5.11 Å². The Kier molecular flexibility index (Phi) is 24.1. The van der Waals surface area contributed by atoms with Crippen molar-refractivity contribution in [3.63, 3.8) is 0 Å². The SMILES string of the molecule is [CH2]CCCO.[O]=[Sn]. The van der Waals surface area contributed by atoms with Gasteiger partial charge in [-0.05, 0) is 6.42 Å². The summed E-state index contributed by atoms with van der Waals surface area (Å²) in [5.74, 6) is 0. The van der Waals surface area contributed by atoms with Crippen LogP contribution in [-0.4, -0.2) is 34.2 Å². The second-order valence-electron chi connectivity index (χ2n) is 0.931. The first-order chi connectivity index (χ1) is 3.41. The van der Waals surface area contributed by atoms with E-state index in [2.05, 4.69) is 6.92 Å². The molecular formula is C4H9O2Sn. The van der Waals surface area contributed by atoms with E-state index in [-0.39, 0.29) is 6.61 Å². The average molecular weight is 208 g/mol. The molecule has 0 unspecified atom stereocenters. The number of rotatable bonds is 2. The molecule has 0 amide bonds. The first kappa shape index (κ1) is 10.5. The van der Waals surface area contributed by atoms with Crippen LogP contribution in [0, 0.1) is 6.92 Å². The Morgan fingerprint density at radius 2 is 2.00 bits per heavy atom. The van der Waals surface area contributed by atoms with Crippen LogP contribution in [-0.2, 0) is 3.08 Å². The van der Waals surface area contributed by atoms with Crippen molar-refractivity contribution in [3.05, 3.63) is 6.92 Å². The van der Waals surface area contributed by atoms with E-state index in [1.165, 1.54) is 0 Å². The molecule has 2 nitrogen and oxygen atoms in total. The van der Waals surface area contributed by atoms with Gasteiger partial charge in [0.15, 0.2) is 0 Å². The van der Waals surface area contributed by atoms with Gasteiger partial charge in [-0.2, -0.15) is 0 Å². The zero-order chi connectivity index (χ0) is 6.12. The summed E-state index contributed by atoms with van der Waals surface area (Å²) in [5, 5.41) is 8.03. The molecule has 0 atom stereocenters. The van der Waals surface area contributed by atoms with Crippen molar-refractivity contribution in [1.82, 2.24) is 0 Å². The number of hydrogen-bond acceptors (Lipinski definition) is 2. The summed E-state index contributed by atoms with van der Waals surface area (Å²) in [6.45, 7) is 3.80. The molecule has 3 radical (unpaired) electrons. The Hall–Kier alpha value is 0.559. The molecule has 0 heterocycles. The molecule has 41 valence electrons. The van der Waals surface area contributed by atoms with Crippen LogP contribution in [0.15, 0.2) is 0 Å². The van der Waals surface area contributed by atoms with Crippen molar-refractivity contribution in [3.8, 4) is 0 Å². The molecular weight excluding hydrogens is 199 g/mol. The first-order valence-electron chi connectivity index (χ1n) is 2.02. The molecule has 0 saturated carbocycles. The van der Waals surface area contributed by atoms with Crippen molar-refractivity contribution < 1.29 is 8.18 Å². The average Bonchev–Trinajstić information content (AvgIpc) is 1.75. The predicted molar refractivity (Wildman–Crippen MR) is 28.1 cm³/mol. The van der Waals surface area contributed by atoms with Gasteiger partial charge in [0.2, 0.25) is 0 Å². The van der Waals surface area contributed by atoms with E-state index >= 15 is 0 Å². The quantitative estimate of drug-likeness (QED) is 0.653. The third-order valence-electron chi connectivity index (χ3n) is 0.408. The number of aliphatic hydroxyl groups is 1. The fraction of sp³-hybridized carbons (Fsp3) is 0.750. The fourth-order valence-corrected chi connectivity index (χ4v) is 0.112. The summed E-state index contributed by atoms with van der Waals surface area (Å²) in [5.41, 5.74) is 0. The van der Waals surface area contributed by atoms with Crippen molar-refractivity contribution in [2.45, 2.75) is 12.8 Å². The van der Waals surface area contributed by atoms with Crippen LogP contribution in [0.1, 0.15) is 12.8 Å². The molecule has 0 saturated heterocycles. The molecule has 0 aliphatic heterocycles. The summed E-state index contributed by atoms with van der Waals surface area (Å²) < 4.78 is 8.34. The molecule has 0 aromatic heterocycles. The van der Waals surface area contributed by atoms with Crippen molar-refractivity contribution in [2.75, 3.05) is 6.61 Å². The fourth-order valence-electron chi connectivity index (χ4n) is 0.112. The van der Waals surface area contributed by atoms with Gasteiger partial charge in [-0.3, -0.25) is 0 Å². The summed E-state index contributed by atoms with van der Waals surface area (Å²) in [6, 6.07) is 0. The van der Waals surface area contributed by atoms with Gasteiger partial charge in [0, 0.05) is 6.61 Å². The van der Waals surface area contributed by atoms with Gasteiger partial charge in [-0.15, -0.1) is 0 Å². The molecule has 0 aliphatic rings. The summed E-state index contributed by atoms with van der Waals surface area (Å²) in [6.07, 6.45) is 1.68. The van der Waals surface area contributed by atoms with Crippen LogP contribution in [0.25, 0.3) is 0 Å². The monoisotopic (exact) mass is 209 g/mol. The van der Waals surface area contributed by atoms with E-state index in [1.807, 2.05) is 0 Å². The summed E-state index contributed by atoms with van der Waals surface area (Å²) in [4.78, 5) is 0. The van der Waals surface area contributed by atoms with Gasteiger partial charge >= 0.3 is 25.6 Å². The van der Waals surface area contributed by atoms with Gasteiger partial charge in [0.05, 0.1) is 0 Å². The second-order valence-corrected chi connectivity index (χ2v) is 0.931. The Balaban J connectivity index is 0. The molecule has 0 fully saturated rings. The van der Waals surface area contributed by atoms with Crippen LogP contribution < -0.4 is 0 Å². The minimum atomic E-state index is 0.281. The van der Waals surface area contributed by atoms with Gasteiger partial charge in [0.1, 0.15) is 0 Å². The Morgan fingerprint density at radius 1 is 1.57 bits per heavy atom. The zero-order valence-electron chi connectivity index (χ0n) is 4.18. The van der Waals surface area contributed by atoms with E-state index in [4.69, 9.17) is 8.18 Å². The van der Waals surface area contributed by atoms with E-state index in [0.29, 0.717) is 22.5 Å². The van der Waals surface area contributed by atoms with Crippen molar-refractivity contribution in [2.24, 2.45) is 0 Å². The van der Waals surface area contributed by atoms with E-state index in [9.17, 15) is 0 Å². The van der Waals surface area contributed by atoms with Crippen molar-refractivity contribution >= 4 is 22.5 Å². The normalized spacial score (nSPS) is 6.57. The Bertz CT molecular complexity index is 23.7. The Morgan fingerprint density at radius 3 is 2.00 bits per heavy atom. The van der Waals surface area contributed by atoms with Crippen LogP contribution >= 0.6 is 0 Å². The Labute approximate surface area is 57.4 Å². The molecule has 0 aliphatic carbocycles. The summed E-state index contributed by atoms with van der Waals surface area (Å²) in [7, 11) is 0. The van der Waals surface area contributed by atoms with Crippen LogP contribution in [0.4, 0.5) is 0 Å². The molecule has 1 N–H and O–H groups in total. The van der Waals surface area contributed by atoms with Crippen LogP contribution in [0.2, 0.25) is 0 Å². The molecule has 7 heavy (non-hydrogen) atoms. The molecule has 0 aromatic carbocycles.